The lowest BCUT2D eigenvalue weighted by Gasteiger charge is -2.28. The highest BCUT2D eigenvalue weighted by Crippen LogP contribution is 2.48. The fourth-order valence-corrected chi connectivity index (χ4v) is 6.50. The molecule has 0 saturated carbocycles. The van der Waals surface area contributed by atoms with E-state index < -0.39 is 24.4 Å². The molecule has 1 aliphatic rings. The summed E-state index contributed by atoms with van der Waals surface area (Å²) in [6, 6.07) is 7.67. The first-order chi connectivity index (χ1) is 17.7. The summed E-state index contributed by atoms with van der Waals surface area (Å²) in [4.78, 5) is 30.3. The third kappa shape index (κ3) is 5.57. The first-order valence-corrected chi connectivity index (χ1v) is 14.3. The predicted octanol–water partition coefficient (Wildman–Crippen LogP) is 4.77. The monoisotopic (exact) mass is 563 g/mol. The van der Waals surface area contributed by atoms with Gasteiger partial charge in [-0.15, -0.1) is 0 Å². The van der Waals surface area contributed by atoms with Crippen LogP contribution >= 0.6 is 18.9 Å². The van der Waals surface area contributed by atoms with Gasteiger partial charge in [0.15, 0.2) is 28.2 Å². The fraction of sp³-hybridized carbons (Fsp3) is 0.400. The molecule has 0 spiro atoms. The Labute approximate surface area is 224 Å². The lowest BCUT2D eigenvalue weighted by molar-refractivity contribution is -0.149. The number of nitrogens with one attached hydrogen (secondary N) is 1. The fourth-order valence-electron chi connectivity index (χ4n) is 3.54. The number of carbonyl (C=O) groups is 2. The summed E-state index contributed by atoms with van der Waals surface area (Å²) in [6.07, 6.45) is 0. The smallest absolute Gasteiger partial charge is 0.382 e. The number of fused-ring (bicyclic) bond motifs is 1. The molecule has 1 aliphatic heterocycles. The first-order valence-electron chi connectivity index (χ1n) is 11.8. The molecule has 3 heterocycles. The number of ether oxygens (including phenoxy) is 3. The van der Waals surface area contributed by atoms with E-state index >= 15 is 0 Å². The summed E-state index contributed by atoms with van der Waals surface area (Å²) in [7, 11) is -4.14. The average molecular weight is 564 g/mol. The molecule has 0 radical (unpaired) electrons. The van der Waals surface area contributed by atoms with Gasteiger partial charge in [0.25, 0.3) is 0 Å². The molecule has 0 saturated heterocycles. The van der Waals surface area contributed by atoms with Gasteiger partial charge in [-0.25, -0.2) is 10.1 Å². The van der Waals surface area contributed by atoms with Crippen LogP contribution in [0.2, 0.25) is 0 Å². The number of anilines is 1. The molecule has 1 atom stereocenters. The number of hydrogen-bond acceptors (Lipinski definition) is 11. The van der Waals surface area contributed by atoms with E-state index in [-0.39, 0.29) is 47.0 Å². The van der Waals surface area contributed by atoms with Gasteiger partial charge in [-0.3, -0.25) is 14.2 Å². The largest absolute Gasteiger partial charge is 0.465 e. The van der Waals surface area contributed by atoms with Crippen LogP contribution in [-0.4, -0.2) is 35.7 Å². The SMILES string of the molecule is CCOC(=O)C(C)(C)NP(=O)(Oc1ccc2c(c1)OCO2)c1ccc(-c2nc(N)sc2C(=O)C(C)(C)C)o1. The molecule has 0 fully saturated rings. The number of carbonyl (C=O) groups excluding carboxylic acids is 2. The van der Waals surface area contributed by atoms with Crippen LogP contribution in [0.1, 0.15) is 51.2 Å². The zero-order valence-corrected chi connectivity index (χ0v) is 23.7. The average Bonchev–Trinajstić information content (AvgIpc) is 3.56. The van der Waals surface area contributed by atoms with Crippen molar-refractivity contribution >= 4 is 41.2 Å². The molecule has 2 aromatic heterocycles. The summed E-state index contributed by atoms with van der Waals surface area (Å²) in [5.41, 5.74) is 3.94. The Kier molecular flexibility index (Phi) is 7.35. The molecule has 3 aromatic rings. The summed E-state index contributed by atoms with van der Waals surface area (Å²) < 4.78 is 42.2. The van der Waals surface area contributed by atoms with E-state index in [1.807, 2.05) is 0 Å². The van der Waals surface area contributed by atoms with E-state index in [2.05, 4.69) is 10.1 Å². The Bertz CT molecular complexity index is 1420. The van der Waals surface area contributed by atoms with Gasteiger partial charge in [0.1, 0.15) is 21.9 Å². The minimum Gasteiger partial charge on any atom is -0.465 e. The Morgan fingerprint density at radius 3 is 2.53 bits per heavy atom. The van der Waals surface area contributed by atoms with Crippen LogP contribution in [0.4, 0.5) is 5.13 Å². The molecule has 3 N–H and O–H groups in total. The highest BCUT2D eigenvalue weighted by atomic mass is 32.1. The lowest BCUT2D eigenvalue weighted by atomic mass is 9.89. The van der Waals surface area contributed by atoms with Gasteiger partial charge in [0.2, 0.25) is 12.3 Å². The lowest BCUT2D eigenvalue weighted by Crippen LogP contribution is -2.48. The highest BCUT2D eigenvalue weighted by Gasteiger charge is 2.43. The van der Waals surface area contributed by atoms with Crippen LogP contribution in [0, 0.1) is 5.41 Å². The summed E-state index contributed by atoms with van der Waals surface area (Å²) in [5.74, 6) is 0.495. The van der Waals surface area contributed by atoms with E-state index in [1.54, 1.807) is 39.8 Å². The number of nitrogens with zero attached hydrogens (tertiary/aromatic N) is 1. The number of furan rings is 1. The van der Waals surface area contributed by atoms with E-state index in [0.29, 0.717) is 16.4 Å². The van der Waals surface area contributed by atoms with Crippen LogP contribution in [0.3, 0.4) is 0 Å². The molecule has 1 unspecified atom stereocenters. The minimum atomic E-state index is -4.14. The summed E-state index contributed by atoms with van der Waals surface area (Å²) in [5, 5.41) is 2.99. The predicted molar refractivity (Wildman–Crippen MR) is 142 cm³/mol. The van der Waals surface area contributed by atoms with E-state index in [1.165, 1.54) is 32.0 Å². The number of hydrogen-bond donors (Lipinski definition) is 2. The number of nitrogens with two attached hydrogens (primary N) is 1. The van der Waals surface area contributed by atoms with Crippen molar-refractivity contribution in [2.24, 2.45) is 5.41 Å². The number of nitrogen functional groups attached to an aromatic ring is 1. The van der Waals surface area contributed by atoms with Gasteiger partial charge in [-0.05, 0) is 45.0 Å². The van der Waals surface area contributed by atoms with Crippen molar-refractivity contribution in [3.05, 3.63) is 35.2 Å². The zero-order valence-electron chi connectivity index (χ0n) is 21.9. The molecular formula is C25H30N3O8PS. The maximum absolute atomic E-state index is 14.4. The van der Waals surface area contributed by atoms with E-state index in [0.717, 1.165) is 11.3 Å². The van der Waals surface area contributed by atoms with Gasteiger partial charge in [0, 0.05) is 11.5 Å². The first kappa shape index (κ1) is 27.7. The maximum Gasteiger partial charge on any atom is 0.382 e. The van der Waals surface area contributed by atoms with Crippen molar-refractivity contribution in [2.75, 3.05) is 19.1 Å². The molecule has 13 heteroatoms. The van der Waals surface area contributed by atoms with Crippen molar-refractivity contribution in [3.8, 4) is 28.7 Å². The standard InChI is InChI=1S/C25H30N3O8PS/c1-7-32-22(30)25(5,6)28-37(31,36-14-8-9-15-17(12-14)34-13-33-15)18-11-10-16(35-18)19-20(38-23(26)27-19)21(29)24(2,3)4/h8-12H,7,13H2,1-6H3,(H2,26,27)(H,28,31). The second kappa shape index (κ2) is 10.1. The summed E-state index contributed by atoms with van der Waals surface area (Å²) in [6.45, 7) is 10.3. The molecule has 0 aliphatic carbocycles. The van der Waals surface area contributed by atoms with Crippen molar-refractivity contribution in [2.45, 2.75) is 47.1 Å². The van der Waals surface area contributed by atoms with Crippen LogP contribution in [0.25, 0.3) is 11.5 Å². The minimum absolute atomic E-state index is 0.0541. The van der Waals surface area contributed by atoms with Gasteiger partial charge in [-0.1, -0.05) is 32.1 Å². The van der Waals surface area contributed by atoms with Crippen LogP contribution in [-0.2, 0) is 14.1 Å². The topological polar surface area (TPSA) is 152 Å². The van der Waals surface area contributed by atoms with Crippen molar-refractivity contribution < 1.29 is 37.3 Å². The second-order valence-corrected chi connectivity index (χ2v) is 13.0. The molecule has 1 aromatic carbocycles. The quantitative estimate of drug-likeness (QED) is 0.210. The van der Waals surface area contributed by atoms with Gasteiger partial charge >= 0.3 is 13.5 Å². The Morgan fingerprint density at radius 2 is 1.84 bits per heavy atom. The number of benzene rings is 1. The summed E-state index contributed by atoms with van der Waals surface area (Å²) >= 11 is 1.05. The molecule has 0 bridgehead atoms. The highest BCUT2D eigenvalue weighted by molar-refractivity contribution is 7.65. The zero-order chi connectivity index (χ0) is 27.9. The van der Waals surface area contributed by atoms with E-state index in [9.17, 15) is 14.2 Å². The van der Waals surface area contributed by atoms with Crippen molar-refractivity contribution in [3.63, 3.8) is 0 Å². The number of aromatic nitrogens is 1. The molecule has 38 heavy (non-hydrogen) atoms. The van der Waals surface area contributed by atoms with Gasteiger partial charge < -0.3 is 28.9 Å². The Balaban J connectivity index is 1.75. The van der Waals surface area contributed by atoms with E-state index in [4.69, 9.17) is 28.9 Å². The molecule has 0 amide bonds. The Hall–Kier alpha value is -3.34. The number of thiazole rings is 1. The maximum atomic E-state index is 14.4. The third-order valence-electron chi connectivity index (χ3n) is 5.44. The van der Waals surface area contributed by atoms with Crippen molar-refractivity contribution in [1.29, 1.82) is 0 Å². The van der Waals surface area contributed by atoms with Crippen LogP contribution in [0.15, 0.2) is 34.7 Å². The van der Waals surface area contributed by atoms with Gasteiger partial charge in [0.05, 0.1) is 6.61 Å². The second-order valence-electron chi connectivity index (χ2n) is 10.1. The number of rotatable bonds is 9. The third-order valence-corrected chi connectivity index (χ3v) is 8.46. The Morgan fingerprint density at radius 1 is 1.13 bits per heavy atom. The van der Waals surface area contributed by atoms with Gasteiger partial charge in [-0.2, -0.15) is 0 Å². The van der Waals surface area contributed by atoms with Crippen molar-refractivity contribution in [1.82, 2.24) is 10.1 Å². The number of Topliss-reactive ketones (excluding diaryl/α,β-unsaturated/α-hetero) is 1. The molecule has 4 rings (SSSR count). The van der Waals surface area contributed by atoms with Crippen LogP contribution in [0.5, 0.6) is 17.2 Å². The molecular weight excluding hydrogens is 533 g/mol. The number of esters is 1. The van der Waals surface area contributed by atoms with Crippen LogP contribution < -0.4 is 30.3 Å². The number of ketones is 1. The molecule has 11 nitrogen and oxygen atoms in total. The molecule has 204 valence electrons. The normalized spacial score (nSPS) is 14.7.